The van der Waals surface area contributed by atoms with Crippen molar-refractivity contribution in [1.82, 2.24) is 27.7 Å². The van der Waals surface area contributed by atoms with Gasteiger partial charge in [0.15, 0.2) is 0 Å². The fourth-order valence-corrected chi connectivity index (χ4v) is 5.65. The van der Waals surface area contributed by atoms with Crippen LogP contribution in [-0.2, 0) is 14.8 Å². The molecule has 1 saturated heterocycles. The molecule has 1 amide bonds. The van der Waals surface area contributed by atoms with Crippen LogP contribution in [0.4, 0.5) is 5.13 Å². The lowest BCUT2D eigenvalue weighted by molar-refractivity contribution is -0.131. The smallest absolute Gasteiger partial charge is 0.242 e. The number of benzene rings is 1. The number of sulfonamides is 1. The molecular weight excluding hydrogens is 458 g/mol. The quantitative estimate of drug-likeness (QED) is 0.567. The number of nitrogens with one attached hydrogen (secondary N) is 1. The molecule has 0 unspecified atom stereocenters. The molecule has 29 heavy (non-hydrogen) atoms. The van der Waals surface area contributed by atoms with E-state index in [1.54, 1.807) is 17.0 Å². The van der Waals surface area contributed by atoms with Crippen molar-refractivity contribution in [2.45, 2.75) is 11.3 Å². The Morgan fingerprint density at radius 2 is 1.97 bits per heavy atom. The summed E-state index contributed by atoms with van der Waals surface area (Å²) in [6.45, 7) is 2.34. The maximum atomic E-state index is 12.6. The lowest BCUT2D eigenvalue weighted by Crippen LogP contribution is -2.49. The van der Waals surface area contributed by atoms with Crippen molar-refractivity contribution in [2.75, 3.05) is 37.6 Å². The zero-order valence-corrected chi connectivity index (χ0v) is 18.2. The number of carbonyl (C=O) groups is 1. The van der Waals surface area contributed by atoms with Crippen LogP contribution in [-0.4, -0.2) is 70.1 Å². The molecule has 0 radical (unpaired) electrons. The van der Waals surface area contributed by atoms with Gasteiger partial charge in [0.25, 0.3) is 0 Å². The molecule has 1 aromatic carbocycles. The van der Waals surface area contributed by atoms with E-state index in [1.807, 2.05) is 4.90 Å². The minimum atomic E-state index is -3.78. The molecule has 3 heterocycles. The first-order valence-electron chi connectivity index (χ1n) is 8.67. The SMILES string of the molecule is O=C(CCNS(=O)(=O)c1cccc2nsnc12)N1CCN(c2nc(Cl)ns2)CC1. The summed E-state index contributed by atoms with van der Waals surface area (Å²) in [4.78, 5) is 20.4. The van der Waals surface area contributed by atoms with Crippen LogP contribution in [0.25, 0.3) is 11.0 Å². The molecule has 0 atom stereocenters. The number of hydrogen-bond acceptors (Lipinski definition) is 10. The standard InChI is InChI=1S/C15H16ClN7O3S3/c16-14-18-15(27-21-14)23-8-6-22(7-9-23)12(24)4-5-17-29(25,26)11-3-1-2-10-13(11)20-28-19-10/h1-3,17H,4-9H2. The topological polar surface area (TPSA) is 121 Å². The maximum Gasteiger partial charge on any atom is 0.242 e. The Labute approximate surface area is 180 Å². The molecule has 2 aromatic heterocycles. The van der Waals surface area contributed by atoms with E-state index >= 15 is 0 Å². The Morgan fingerprint density at radius 1 is 1.17 bits per heavy atom. The van der Waals surface area contributed by atoms with E-state index < -0.39 is 10.0 Å². The third kappa shape index (κ3) is 4.48. The number of rotatable bonds is 6. The molecule has 154 valence electrons. The molecule has 14 heteroatoms. The number of amides is 1. The normalized spacial score (nSPS) is 15.2. The van der Waals surface area contributed by atoms with Crippen LogP contribution in [0.2, 0.25) is 5.28 Å². The fourth-order valence-electron chi connectivity index (χ4n) is 3.00. The Balaban J connectivity index is 1.29. The van der Waals surface area contributed by atoms with Gasteiger partial charge in [-0.1, -0.05) is 6.07 Å². The van der Waals surface area contributed by atoms with E-state index in [2.05, 4.69) is 22.8 Å². The van der Waals surface area contributed by atoms with Crippen molar-refractivity contribution >= 4 is 67.0 Å². The lowest BCUT2D eigenvalue weighted by Gasteiger charge is -2.34. The van der Waals surface area contributed by atoms with E-state index in [1.165, 1.54) is 17.6 Å². The largest absolute Gasteiger partial charge is 0.343 e. The van der Waals surface area contributed by atoms with E-state index in [0.717, 1.165) is 16.9 Å². The van der Waals surface area contributed by atoms with Gasteiger partial charge in [-0.15, -0.1) is 0 Å². The minimum absolute atomic E-state index is 0.0152. The molecule has 0 spiro atoms. The van der Waals surface area contributed by atoms with Crippen LogP contribution in [0.15, 0.2) is 23.1 Å². The summed E-state index contributed by atoms with van der Waals surface area (Å²) in [5, 5.41) is 0.959. The van der Waals surface area contributed by atoms with Crippen molar-refractivity contribution in [1.29, 1.82) is 0 Å². The van der Waals surface area contributed by atoms with Crippen LogP contribution >= 0.6 is 34.9 Å². The van der Waals surface area contributed by atoms with E-state index in [-0.39, 0.29) is 29.1 Å². The molecule has 0 bridgehead atoms. The van der Waals surface area contributed by atoms with Gasteiger partial charge < -0.3 is 9.80 Å². The van der Waals surface area contributed by atoms with Crippen molar-refractivity contribution in [2.24, 2.45) is 0 Å². The van der Waals surface area contributed by atoms with Gasteiger partial charge >= 0.3 is 0 Å². The average Bonchev–Trinajstić information content (AvgIpc) is 3.36. The van der Waals surface area contributed by atoms with Gasteiger partial charge in [0.05, 0.1) is 11.7 Å². The van der Waals surface area contributed by atoms with Gasteiger partial charge in [0, 0.05) is 50.7 Å². The first-order valence-corrected chi connectivity index (χ1v) is 12.0. The zero-order valence-electron chi connectivity index (χ0n) is 15.0. The highest BCUT2D eigenvalue weighted by Gasteiger charge is 2.24. The minimum Gasteiger partial charge on any atom is -0.343 e. The Morgan fingerprint density at radius 3 is 2.69 bits per heavy atom. The van der Waals surface area contributed by atoms with Gasteiger partial charge in [-0.25, -0.2) is 13.1 Å². The van der Waals surface area contributed by atoms with Crippen molar-refractivity contribution in [3.63, 3.8) is 0 Å². The number of carbonyl (C=O) groups excluding carboxylic acids is 1. The molecular formula is C15H16ClN7O3S3. The molecule has 1 fully saturated rings. The molecule has 1 aliphatic rings. The molecule has 4 rings (SSSR count). The number of halogens is 1. The Kier molecular flexibility index (Phi) is 5.92. The van der Waals surface area contributed by atoms with Gasteiger partial charge in [-0.3, -0.25) is 4.79 Å². The number of piperazine rings is 1. The first-order chi connectivity index (χ1) is 13.9. The van der Waals surface area contributed by atoms with Gasteiger partial charge in [-0.2, -0.15) is 18.1 Å². The van der Waals surface area contributed by atoms with Crippen molar-refractivity contribution in [3.05, 3.63) is 23.5 Å². The summed E-state index contributed by atoms with van der Waals surface area (Å²) < 4.78 is 39.7. The van der Waals surface area contributed by atoms with Crippen LogP contribution in [0.5, 0.6) is 0 Å². The van der Waals surface area contributed by atoms with Gasteiger partial charge in [0.2, 0.25) is 26.3 Å². The third-order valence-electron chi connectivity index (χ3n) is 4.46. The second-order valence-corrected chi connectivity index (χ2v) is 9.58. The second kappa shape index (κ2) is 8.44. The van der Waals surface area contributed by atoms with Crippen LogP contribution in [0.1, 0.15) is 6.42 Å². The van der Waals surface area contributed by atoms with Gasteiger partial charge in [-0.05, 0) is 23.7 Å². The number of hydrogen-bond donors (Lipinski definition) is 1. The summed E-state index contributed by atoms with van der Waals surface area (Å²) in [7, 11) is -3.78. The van der Waals surface area contributed by atoms with Crippen molar-refractivity contribution in [3.8, 4) is 0 Å². The Bertz CT molecular complexity index is 1130. The molecule has 3 aromatic rings. The summed E-state index contributed by atoms with van der Waals surface area (Å²) in [6.07, 6.45) is 0.0785. The summed E-state index contributed by atoms with van der Waals surface area (Å²) in [5.41, 5.74) is 0.868. The van der Waals surface area contributed by atoms with Crippen LogP contribution in [0.3, 0.4) is 0 Å². The maximum absolute atomic E-state index is 12.6. The van der Waals surface area contributed by atoms with E-state index in [0.29, 0.717) is 37.2 Å². The monoisotopic (exact) mass is 473 g/mol. The summed E-state index contributed by atoms with van der Waals surface area (Å²) in [6, 6.07) is 4.80. The highest BCUT2D eigenvalue weighted by atomic mass is 35.5. The van der Waals surface area contributed by atoms with E-state index in [9.17, 15) is 13.2 Å². The summed E-state index contributed by atoms with van der Waals surface area (Å²) >= 11 is 7.94. The van der Waals surface area contributed by atoms with Gasteiger partial charge in [0.1, 0.15) is 15.9 Å². The lowest BCUT2D eigenvalue weighted by atomic mass is 10.3. The number of aromatic nitrogens is 4. The predicted octanol–water partition coefficient (Wildman–Crippen LogP) is 1.21. The molecule has 1 aliphatic heterocycles. The Hall–Kier alpha value is -1.93. The van der Waals surface area contributed by atoms with Crippen LogP contribution in [0, 0.1) is 0 Å². The molecule has 1 N–H and O–H groups in total. The fraction of sp³-hybridized carbons (Fsp3) is 0.400. The molecule has 10 nitrogen and oxygen atoms in total. The number of nitrogens with zero attached hydrogens (tertiary/aromatic N) is 6. The molecule has 0 aliphatic carbocycles. The highest BCUT2D eigenvalue weighted by molar-refractivity contribution is 7.89. The zero-order chi connectivity index (χ0) is 20.4. The number of anilines is 1. The predicted molar refractivity (Wildman–Crippen MR) is 111 cm³/mol. The average molecular weight is 474 g/mol. The van der Waals surface area contributed by atoms with Crippen LogP contribution < -0.4 is 9.62 Å². The van der Waals surface area contributed by atoms with Crippen molar-refractivity contribution < 1.29 is 13.2 Å². The third-order valence-corrected chi connectivity index (χ3v) is 7.54. The summed E-state index contributed by atoms with van der Waals surface area (Å²) in [5.74, 6) is -0.101. The highest BCUT2D eigenvalue weighted by Crippen LogP contribution is 2.22. The number of fused-ring (bicyclic) bond motifs is 1. The molecule has 0 saturated carbocycles. The van der Waals surface area contributed by atoms with E-state index in [4.69, 9.17) is 11.6 Å². The second-order valence-electron chi connectivity index (χ2n) is 6.25. The first kappa shape index (κ1) is 20.3.